The molecular weight excluding hydrogens is 242 g/mol. The van der Waals surface area contributed by atoms with Crippen LogP contribution < -0.4 is 4.74 Å². The zero-order valence-corrected chi connectivity index (χ0v) is 11.7. The van der Waals surface area contributed by atoms with Crippen molar-refractivity contribution < 1.29 is 14.6 Å². The van der Waals surface area contributed by atoms with E-state index in [1.807, 2.05) is 31.2 Å². The second-order valence-corrected chi connectivity index (χ2v) is 4.76. The Bertz CT molecular complexity index is 397. The maximum absolute atomic E-state index is 9.31. The molecule has 19 heavy (non-hydrogen) atoms. The molecule has 1 N–H and O–H groups in total. The first kappa shape index (κ1) is 14.3. The summed E-state index contributed by atoms with van der Waals surface area (Å²) in [6.07, 6.45) is 0.848. The van der Waals surface area contributed by atoms with Gasteiger partial charge in [-0.3, -0.25) is 4.90 Å². The average molecular weight is 265 g/mol. The first-order valence-corrected chi connectivity index (χ1v) is 7.02. The van der Waals surface area contributed by atoms with Crippen molar-refractivity contribution in [2.24, 2.45) is 0 Å². The van der Waals surface area contributed by atoms with E-state index in [1.54, 1.807) is 0 Å². The minimum Gasteiger partial charge on any atom is -0.493 e. The molecule has 0 aliphatic carbocycles. The van der Waals surface area contributed by atoms with Gasteiger partial charge in [-0.2, -0.15) is 0 Å². The molecular formula is C15H23NO3. The zero-order valence-electron chi connectivity index (χ0n) is 11.7. The predicted molar refractivity (Wildman–Crippen MR) is 74.2 cm³/mol. The van der Waals surface area contributed by atoms with Crippen molar-refractivity contribution in [3.8, 4) is 5.75 Å². The van der Waals surface area contributed by atoms with E-state index in [9.17, 15) is 5.11 Å². The molecule has 1 aromatic rings. The summed E-state index contributed by atoms with van der Waals surface area (Å²) >= 11 is 0. The van der Waals surface area contributed by atoms with Crippen LogP contribution in [0.15, 0.2) is 24.3 Å². The number of benzene rings is 1. The highest BCUT2D eigenvalue weighted by Crippen LogP contribution is 2.35. The van der Waals surface area contributed by atoms with Crippen LogP contribution >= 0.6 is 0 Å². The number of aliphatic hydroxyl groups is 1. The summed E-state index contributed by atoms with van der Waals surface area (Å²) in [6, 6.07) is 7.98. The van der Waals surface area contributed by atoms with Crippen LogP contribution in [-0.2, 0) is 4.74 Å². The van der Waals surface area contributed by atoms with Gasteiger partial charge in [0.15, 0.2) is 0 Å². The molecule has 106 valence electrons. The fourth-order valence-electron chi connectivity index (χ4n) is 2.51. The summed E-state index contributed by atoms with van der Waals surface area (Å²) in [6.45, 7) is 6.57. The number of nitrogens with zero attached hydrogens (tertiary/aromatic N) is 1. The SMILES string of the molecule is CCCN1CC(CO)OC1c1ccccc1OCC. The molecule has 2 rings (SSSR count). The zero-order chi connectivity index (χ0) is 13.7. The monoisotopic (exact) mass is 265 g/mol. The number of hydrogen-bond acceptors (Lipinski definition) is 4. The summed E-state index contributed by atoms with van der Waals surface area (Å²) < 4.78 is 11.6. The summed E-state index contributed by atoms with van der Waals surface area (Å²) in [5.41, 5.74) is 1.05. The van der Waals surface area contributed by atoms with Gasteiger partial charge in [-0.1, -0.05) is 25.1 Å². The Morgan fingerprint density at radius 2 is 2.16 bits per heavy atom. The number of para-hydroxylation sites is 1. The van der Waals surface area contributed by atoms with Gasteiger partial charge < -0.3 is 14.6 Å². The quantitative estimate of drug-likeness (QED) is 0.856. The molecule has 1 saturated heterocycles. The number of aliphatic hydroxyl groups excluding tert-OH is 1. The minimum atomic E-state index is -0.111. The van der Waals surface area contributed by atoms with Gasteiger partial charge in [-0.15, -0.1) is 0 Å². The van der Waals surface area contributed by atoms with E-state index < -0.39 is 0 Å². The van der Waals surface area contributed by atoms with Gasteiger partial charge in [0.05, 0.1) is 19.3 Å². The Balaban J connectivity index is 2.22. The molecule has 0 spiro atoms. The van der Waals surface area contributed by atoms with Gasteiger partial charge >= 0.3 is 0 Å². The largest absolute Gasteiger partial charge is 0.493 e. The number of hydrogen-bond donors (Lipinski definition) is 1. The molecule has 1 aliphatic rings. The van der Waals surface area contributed by atoms with Crippen molar-refractivity contribution in [2.75, 3.05) is 26.3 Å². The van der Waals surface area contributed by atoms with E-state index in [0.29, 0.717) is 6.61 Å². The van der Waals surface area contributed by atoms with Crippen LogP contribution in [0.25, 0.3) is 0 Å². The van der Waals surface area contributed by atoms with Gasteiger partial charge in [0.25, 0.3) is 0 Å². The fraction of sp³-hybridized carbons (Fsp3) is 0.600. The van der Waals surface area contributed by atoms with Gasteiger partial charge in [-0.05, 0) is 19.4 Å². The first-order chi connectivity index (χ1) is 9.30. The molecule has 4 nitrogen and oxygen atoms in total. The number of ether oxygens (including phenoxy) is 2. The molecule has 0 radical (unpaired) electrons. The van der Waals surface area contributed by atoms with E-state index in [2.05, 4.69) is 11.8 Å². The molecule has 4 heteroatoms. The lowest BCUT2D eigenvalue weighted by molar-refractivity contribution is -0.0208. The third-order valence-electron chi connectivity index (χ3n) is 3.29. The summed E-state index contributed by atoms with van der Waals surface area (Å²) in [5, 5.41) is 9.31. The Kier molecular flexibility index (Phi) is 5.19. The molecule has 1 aromatic carbocycles. The van der Waals surface area contributed by atoms with Crippen molar-refractivity contribution in [2.45, 2.75) is 32.6 Å². The van der Waals surface area contributed by atoms with Crippen LogP contribution in [0.4, 0.5) is 0 Å². The summed E-state index contributed by atoms with van der Waals surface area (Å²) in [4.78, 5) is 2.26. The fourth-order valence-corrected chi connectivity index (χ4v) is 2.51. The third-order valence-corrected chi connectivity index (χ3v) is 3.29. The molecule has 0 bridgehead atoms. The van der Waals surface area contributed by atoms with Crippen molar-refractivity contribution >= 4 is 0 Å². The topological polar surface area (TPSA) is 41.9 Å². The lowest BCUT2D eigenvalue weighted by Crippen LogP contribution is -2.26. The molecule has 1 heterocycles. The van der Waals surface area contributed by atoms with Crippen molar-refractivity contribution in [1.29, 1.82) is 0 Å². The van der Waals surface area contributed by atoms with Gasteiger partial charge in [0, 0.05) is 18.7 Å². The molecule has 0 amide bonds. The molecule has 2 unspecified atom stereocenters. The van der Waals surface area contributed by atoms with Gasteiger partial charge in [-0.25, -0.2) is 0 Å². The van der Waals surface area contributed by atoms with E-state index in [4.69, 9.17) is 9.47 Å². The molecule has 2 atom stereocenters. The highest BCUT2D eigenvalue weighted by Gasteiger charge is 2.34. The third kappa shape index (κ3) is 3.26. The Hall–Kier alpha value is -1.10. The van der Waals surface area contributed by atoms with E-state index in [1.165, 1.54) is 0 Å². The normalized spacial score (nSPS) is 23.7. The van der Waals surface area contributed by atoms with Gasteiger partial charge in [0.2, 0.25) is 0 Å². The first-order valence-electron chi connectivity index (χ1n) is 7.02. The summed E-state index contributed by atoms with van der Waals surface area (Å²) in [7, 11) is 0. The highest BCUT2D eigenvalue weighted by molar-refractivity contribution is 5.35. The minimum absolute atomic E-state index is 0.0630. The smallest absolute Gasteiger partial charge is 0.141 e. The van der Waals surface area contributed by atoms with E-state index >= 15 is 0 Å². The van der Waals surface area contributed by atoms with Crippen molar-refractivity contribution in [3.05, 3.63) is 29.8 Å². The molecule has 0 aromatic heterocycles. The average Bonchev–Trinajstić information content (AvgIpc) is 2.83. The van der Waals surface area contributed by atoms with E-state index in [0.717, 1.165) is 30.8 Å². The Morgan fingerprint density at radius 3 is 2.84 bits per heavy atom. The molecule has 1 aliphatic heterocycles. The van der Waals surface area contributed by atoms with Crippen molar-refractivity contribution in [1.82, 2.24) is 4.90 Å². The molecule has 0 saturated carbocycles. The van der Waals surface area contributed by atoms with Crippen LogP contribution in [-0.4, -0.2) is 42.4 Å². The maximum Gasteiger partial charge on any atom is 0.141 e. The standard InChI is InChI=1S/C15H23NO3/c1-3-9-16-10-12(11-17)19-15(16)13-7-5-6-8-14(13)18-4-2/h5-8,12,15,17H,3-4,9-11H2,1-2H3. The van der Waals surface area contributed by atoms with Crippen LogP contribution in [0.3, 0.4) is 0 Å². The summed E-state index contributed by atoms with van der Waals surface area (Å²) in [5.74, 6) is 0.870. The van der Waals surface area contributed by atoms with E-state index in [-0.39, 0.29) is 18.9 Å². The van der Waals surface area contributed by atoms with Gasteiger partial charge in [0.1, 0.15) is 12.0 Å². The lowest BCUT2D eigenvalue weighted by atomic mass is 10.1. The van der Waals surface area contributed by atoms with Crippen LogP contribution in [0.5, 0.6) is 5.75 Å². The number of rotatable bonds is 6. The predicted octanol–water partition coefficient (Wildman–Crippen LogP) is 2.19. The second-order valence-electron chi connectivity index (χ2n) is 4.76. The Morgan fingerprint density at radius 1 is 1.37 bits per heavy atom. The van der Waals surface area contributed by atoms with Crippen LogP contribution in [0.1, 0.15) is 32.1 Å². The second kappa shape index (κ2) is 6.89. The Labute approximate surface area is 114 Å². The maximum atomic E-state index is 9.31. The van der Waals surface area contributed by atoms with Crippen LogP contribution in [0, 0.1) is 0 Å². The lowest BCUT2D eigenvalue weighted by Gasteiger charge is -2.24. The van der Waals surface area contributed by atoms with Crippen molar-refractivity contribution in [3.63, 3.8) is 0 Å². The highest BCUT2D eigenvalue weighted by atomic mass is 16.5. The molecule has 1 fully saturated rings. The van der Waals surface area contributed by atoms with Crippen LogP contribution in [0.2, 0.25) is 0 Å².